The Morgan fingerprint density at radius 1 is 1.31 bits per heavy atom. The van der Waals surface area contributed by atoms with Crippen molar-refractivity contribution in [1.82, 2.24) is 0 Å². The fourth-order valence-corrected chi connectivity index (χ4v) is 1.85. The lowest BCUT2D eigenvalue weighted by Gasteiger charge is -2.12. The molecule has 2 heteroatoms. The Morgan fingerprint density at radius 3 is 2.75 bits per heavy atom. The Balaban J connectivity index is 2.48. The maximum atomic E-state index is 13.0. The van der Waals surface area contributed by atoms with Crippen molar-refractivity contribution >= 4 is 0 Å². The second-order valence-corrected chi connectivity index (χ2v) is 4.42. The van der Waals surface area contributed by atoms with Crippen LogP contribution >= 0.6 is 0 Å². The lowest BCUT2D eigenvalue weighted by atomic mass is 9.99. The highest BCUT2D eigenvalue weighted by molar-refractivity contribution is 5.27. The van der Waals surface area contributed by atoms with Crippen LogP contribution in [-0.4, -0.2) is 11.2 Å². The summed E-state index contributed by atoms with van der Waals surface area (Å²) in [4.78, 5) is 0. The van der Waals surface area contributed by atoms with Crippen LogP contribution in [0.4, 0.5) is 4.39 Å². The van der Waals surface area contributed by atoms with E-state index in [1.807, 2.05) is 6.92 Å². The van der Waals surface area contributed by atoms with Gasteiger partial charge in [0.2, 0.25) is 0 Å². The molecule has 1 rings (SSSR count). The van der Waals surface area contributed by atoms with Crippen LogP contribution < -0.4 is 0 Å². The third-order valence-corrected chi connectivity index (χ3v) is 2.91. The molecule has 1 unspecified atom stereocenters. The van der Waals surface area contributed by atoms with Gasteiger partial charge < -0.3 is 5.11 Å². The average Bonchev–Trinajstić information content (AvgIpc) is 2.24. The standard InChI is InChI=1S/C14H21FO/c1-3-4-5-6-14(16)10-12-9-13(15)8-7-11(12)2/h7-9,14,16H,3-6,10H2,1-2H3. The molecule has 1 nitrogen and oxygen atoms in total. The molecule has 90 valence electrons. The SMILES string of the molecule is CCCCCC(O)Cc1cc(F)ccc1C. The van der Waals surface area contributed by atoms with Gasteiger partial charge in [-0.1, -0.05) is 32.3 Å². The molecule has 0 saturated heterocycles. The molecule has 0 saturated carbocycles. The number of hydrogen-bond acceptors (Lipinski definition) is 1. The predicted molar refractivity (Wildman–Crippen MR) is 65.0 cm³/mol. The van der Waals surface area contributed by atoms with Crippen molar-refractivity contribution in [2.75, 3.05) is 0 Å². The first-order chi connectivity index (χ1) is 7.63. The Bertz CT molecular complexity index is 323. The maximum absolute atomic E-state index is 13.0. The van der Waals surface area contributed by atoms with E-state index < -0.39 is 0 Å². The number of aliphatic hydroxyl groups excluding tert-OH is 1. The maximum Gasteiger partial charge on any atom is 0.123 e. The number of benzene rings is 1. The lowest BCUT2D eigenvalue weighted by molar-refractivity contribution is 0.161. The molecule has 1 atom stereocenters. The second kappa shape index (κ2) is 6.64. The van der Waals surface area contributed by atoms with Crippen LogP contribution in [0.3, 0.4) is 0 Å². The number of aliphatic hydroxyl groups is 1. The molecule has 0 aliphatic heterocycles. The topological polar surface area (TPSA) is 20.2 Å². The summed E-state index contributed by atoms with van der Waals surface area (Å²) < 4.78 is 13.0. The molecule has 0 aliphatic carbocycles. The van der Waals surface area contributed by atoms with Crippen molar-refractivity contribution in [3.8, 4) is 0 Å². The van der Waals surface area contributed by atoms with Gasteiger partial charge in [0, 0.05) is 0 Å². The summed E-state index contributed by atoms with van der Waals surface area (Å²) in [7, 11) is 0. The smallest absolute Gasteiger partial charge is 0.123 e. The summed E-state index contributed by atoms with van der Waals surface area (Å²) in [6.45, 7) is 4.09. The van der Waals surface area contributed by atoms with Crippen molar-refractivity contribution in [2.45, 2.75) is 52.1 Å². The highest BCUT2D eigenvalue weighted by atomic mass is 19.1. The zero-order valence-electron chi connectivity index (χ0n) is 10.2. The Hall–Kier alpha value is -0.890. The molecule has 16 heavy (non-hydrogen) atoms. The molecule has 0 spiro atoms. The first-order valence-electron chi connectivity index (χ1n) is 6.06. The Labute approximate surface area is 97.3 Å². The highest BCUT2D eigenvalue weighted by Crippen LogP contribution is 2.15. The van der Waals surface area contributed by atoms with E-state index in [-0.39, 0.29) is 11.9 Å². The van der Waals surface area contributed by atoms with Gasteiger partial charge in [-0.2, -0.15) is 0 Å². The van der Waals surface area contributed by atoms with Gasteiger partial charge in [0.05, 0.1) is 6.10 Å². The quantitative estimate of drug-likeness (QED) is 0.732. The van der Waals surface area contributed by atoms with E-state index in [4.69, 9.17) is 0 Å². The van der Waals surface area contributed by atoms with Crippen LogP contribution in [0.2, 0.25) is 0 Å². The first-order valence-corrected chi connectivity index (χ1v) is 6.06. The minimum atomic E-state index is -0.341. The largest absolute Gasteiger partial charge is 0.393 e. The van der Waals surface area contributed by atoms with E-state index in [1.54, 1.807) is 6.07 Å². The zero-order chi connectivity index (χ0) is 12.0. The van der Waals surface area contributed by atoms with Crippen molar-refractivity contribution in [3.63, 3.8) is 0 Å². The van der Waals surface area contributed by atoms with E-state index in [2.05, 4.69) is 6.92 Å². The molecule has 0 aromatic heterocycles. The van der Waals surface area contributed by atoms with Crippen LogP contribution in [0.5, 0.6) is 0 Å². The number of rotatable bonds is 6. The third kappa shape index (κ3) is 4.31. The summed E-state index contributed by atoms with van der Waals surface area (Å²) in [6, 6.07) is 4.75. The minimum Gasteiger partial charge on any atom is -0.393 e. The number of unbranched alkanes of at least 4 members (excludes halogenated alkanes) is 2. The molecule has 1 N–H and O–H groups in total. The molecule has 1 aromatic carbocycles. The van der Waals surface area contributed by atoms with Crippen molar-refractivity contribution in [3.05, 3.63) is 35.1 Å². The summed E-state index contributed by atoms with van der Waals surface area (Å²) in [5.74, 6) is -0.221. The summed E-state index contributed by atoms with van der Waals surface area (Å²) in [5.41, 5.74) is 1.97. The van der Waals surface area contributed by atoms with Crippen molar-refractivity contribution in [1.29, 1.82) is 0 Å². The van der Waals surface area contributed by atoms with E-state index in [0.717, 1.165) is 36.8 Å². The average molecular weight is 224 g/mol. The Morgan fingerprint density at radius 2 is 2.06 bits per heavy atom. The van der Waals surface area contributed by atoms with Gasteiger partial charge in [-0.25, -0.2) is 4.39 Å². The normalized spacial score (nSPS) is 12.8. The van der Waals surface area contributed by atoms with E-state index >= 15 is 0 Å². The summed E-state index contributed by atoms with van der Waals surface area (Å²) >= 11 is 0. The summed E-state index contributed by atoms with van der Waals surface area (Å²) in [5, 5.41) is 9.82. The molecule has 1 aromatic rings. The molecule has 0 aliphatic rings. The van der Waals surface area contributed by atoms with Crippen LogP contribution in [0, 0.1) is 12.7 Å². The zero-order valence-corrected chi connectivity index (χ0v) is 10.2. The molecule has 0 fully saturated rings. The number of halogens is 1. The number of aryl methyl sites for hydroxylation is 1. The second-order valence-electron chi connectivity index (χ2n) is 4.42. The molecule has 0 heterocycles. The van der Waals surface area contributed by atoms with Gasteiger partial charge in [0.1, 0.15) is 5.82 Å². The molecular formula is C14H21FO. The van der Waals surface area contributed by atoms with E-state index in [9.17, 15) is 9.50 Å². The summed E-state index contributed by atoms with van der Waals surface area (Å²) in [6.07, 6.45) is 4.39. The van der Waals surface area contributed by atoms with Gasteiger partial charge >= 0.3 is 0 Å². The highest BCUT2D eigenvalue weighted by Gasteiger charge is 2.08. The molecular weight excluding hydrogens is 203 g/mol. The predicted octanol–water partition coefficient (Wildman–Crippen LogP) is 3.62. The van der Waals surface area contributed by atoms with Crippen LogP contribution in [0.25, 0.3) is 0 Å². The van der Waals surface area contributed by atoms with Crippen molar-refractivity contribution < 1.29 is 9.50 Å². The molecule has 0 radical (unpaired) electrons. The first kappa shape index (κ1) is 13.2. The number of hydrogen-bond donors (Lipinski definition) is 1. The monoisotopic (exact) mass is 224 g/mol. The van der Waals surface area contributed by atoms with Gasteiger partial charge in [-0.3, -0.25) is 0 Å². The fraction of sp³-hybridized carbons (Fsp3) is 0.571. The molecule has 0 bridgehead atoms. The van der Waals surface area contributed by atoms with Gasteiger partial charge in [-0.15, -0.1) is 0 Å². The van der Waals surface area contributed by atoms with Crippen LogP contribution in [0.1, 0.15) is 43.7 Å². The van der Waals surface area contributed by atoms with Gasteiger partial charge in [0.25, 0.3) is 0 Å². The van der Waals surface area contributed by atoms with Crippen LogP contribution in [-0.2, 0) is 6.42 Å². The van der Waals surface area contributed by atoms with Crippen LogP contribution in [0.15, 0.2) is 18.2 Å². The van der Waals surface area contributed by atoms with Gasteiger partial charge in [0.15, 0.2) is 0 Å². The van der Waals surface area contributed by atoms with E-state index in [0.29, 0.717) is 6.42 Å². The third-order valence-electron chi connectivity index (χ3n) is 2.91. The van der Waals surface area contributed by atoms with Gasteiger partial charge in [-0.05, 0) is 43.0 Å². The fourth-order valence-electron chi connectivity index (χ4n) is 1.85. The lowest BCUT2D eigenvalue weighted by Crippen LogP contribution is -2.11. The van der Waals surface area contributed by atoms with E-state index in [1.165, 1.54) is 12.1 Å². The Kier molecular flexibility index (Phi) is 5.47. The van der Waals surface area contributed by atoms with Crippen molar-refractivity contribution in [2.24, 2.45) is 0 Å². The molecule has 0 amide bonds. The minimum absolute atomic E-state index is 0.221.